The lowest BCUT2D eigenvalue weighted by atomic mass is 10.5. The third-order valence-electron chi connectivity index (χ3n) is 1.76. The van der Waals surface area contributed by atoms with E-state index in [4.69, 9.17) is 23.2 Å². The highest BCUT2D eigenvalue weighted by atomic mass is 35.5. The van der Waals surface area contributed by atoms with Gasteiger partial charge in [0.1, 0.15) is 16.3 Å². The van der Waals surface area contributed by atoms with Crippen LogP contribution in [0.1, 0.15) is 0 Å². The topological polar surface area (TPSA) is 85.1 Å². The molecule has 0 aliphatic rings. The number of sulfonamides is 1. The van der Waals surface area contributed by atoms with Gasteiger partial charge in [0.15, 0.2) is 5.82 Å². The minimum Gasteiger partial charge on any atom is -0.363 e. The van der Waals surface area contributed by atoms with Crippen LogP contribution in [0, 0.1) is 0 Å². The van der Waals surface area contributed by atoms with Crippen molar-refractivity contribution in [1.29, 1.82) is 0 Å². The Labute approximate surface area is 107 Å². The Hall–Kier alpha value is -1.31. The Bertz CT molecular complexity index is 627. The molecule has 2 heterocycles. The van der Waals surface area contributed by atoms with Crippen molar-refractivity contribution in [3.63, 3.8) is 0 Å². The summed E-state index contributed by atoms with van der Waals surface area (Å²) in [5.74, 6) is 0.0658. The lowest BCUT2D eigenvalue weighted by Crippen LogP contribution is -2.13. The predicted octanol–water partition coefficient (Wildman–Crippen LogP) is 2.18. The predicted molar refractivity (Wildman–Crippen MR) is 61.6 cm³/mol. The zero-order valence-corrected chi connectivity index (χ0v) is 10.4. The molecule has 1 N–H and O–H groups in total. The molecule has 2 aromatic heterocycles. The van der Waals surface area contributed by atoms with E-state index in [1.165, 1.54) is 18.4 Å². The fraction of sp³-hybridized carbons (Fsp3) is 0. The fourth-order valence-electron chi connectivity index (χ4n) is 1.01. The van der Waals surface area contributed by atoms with Gasteiger partial charge in [-0.1, -0.05) is 28.4 Å². The highest BCUT2D eigenvalue weighted by Crippen LogP contribution is 2.23. The van der Waals surface area contributed by atoms with Gasteiger partial charge in [-0.3, -0.25) is 4.72 Å². The first-order valence-electron chi connectivity index (χ1n) is 4.23. The van der Waals surface area contributed by atoms with Crippen molar-refractivity contribution in [1.82, 2.24) is 10.1 Å². The van der Waals surface area contributed by atoms with Gasteiger partial charge in [0.2, 0.25) is 0 Å². The summed E-state index contributed by atoms with van der Waals surface area (Å²) < 4.78 is 30.3. The number of rotatable bonds is 3. The maximum atomic E-state index is 11.8. The molecular formula is C8H5Cl2N3O3S. The van der Waals surface area contributed by atoms with Crippen molar-refractivity contribution in [3.8, 4) is 0 Å². The number of nitrogens with one attached hydrogen (secondary N) is 1. The number of aromatic nitrogens is 2. The molecule has 17 heavy (non-hydrogen) atoms. The Morgan fingerprint density at radius 3 is 2.71 bits per heavy atom. The summed E-state index contributed by atoms with van der Waals surface area (Å²) in [6, 6.07) is 2.56. The van der Waals surface area contributed by atoms with Gasteiger partial charge < -0.3 is 4.52 Å². The highest BCUT2D eigenvalue weighted by Gasteiger charge is 2.17. The number of hydrogen-bond acceptors (Lipinski definition) is 5. The molecule has 2 rings (SSSR count). The van der Waals surface area contributed by atoms with Gasteiger partial charge in [-0.2, -0.15) is 0 Å². The Morgan fingerprint density at radius 2 is 2.12 bits per heavy atom. The second-order valence-corrected chi connectivity index (χ2v) is 5.38. The molecule has 0 spiro atoms. The third-order valence-corrected chi connectivity index (χ3v) is 3.77. The van der Waals surface area contributed by atoms with Gasteiger partial charge in [0.05, 0.1) is 5.02 Å². The minimum atomic E-state index is -3.80. The van der Waals surface area contributed by atoms with E-state index < -0.39 is 10.0 Å². The molecule has 0 radical (unpaired) electrons. The zero-order valence-electron chi connectivity index (χ0n) is 8.09. The van der Waals surface area contributed by atoms with Crippen LogP contribution in [0.4, 0.5) is 5.82 Å². The van der Waals surface area contributed by atoms with Crippen LogP contribution in [-0.2, 0) is 10.0 Å². The van der Waals surface area contributed by atoms with E-state index in [1.807, 2.05) is 0 Å². The van der Waals surface area contributed by atoms with Gasteiger partial charge >= 0.3 is 0 Å². The van der Waals surface area contributed by atoms with E-state index in [0.29, 0.717) is 0 Å². The average Bonchev–Trinajstić information content (AvgIpc) is 2.73. The quantitative estimate of drug-likeness (QED) is 0.877. The smallest absolute Gasteiger partial charge is 0.264 e. The summed E-state index contributed by atoms with van der Waals surface area (Å²) in [5, 5.41) is 3.51. The molecule has 0 aliphatic heterocycles. The van der Waals surface area contributed by atoms with E-state index in [2.05, 4.69) is 19.4 Å². The molecule has 0 bridgehead atoms. The second-order valence-electron chi connectivity index (χ2n) is 2.93. The molecule has 0 atom stereocenters. The summed E-state index contributed by atoms with van der Waals surface area (Å²) >= 11 is 11.3. The van der Waals surface area contributed by atoms with Crippen LogP contribution < -0.4 is 4.72 Å². The summed E-state index contributed by atoms with van der Waals surface area (Å²) in [4.78, 5) is 3.53. The molecular weight excluding hydrogens is 289 g/mol. The Balaban J connectivity index is 2.35. The lowest BCUT2D eigenvalue weighted by molar-refractivity contribution is 0.423. The molecule has 0 saturated heterocycles. The molecule has 2 aromatic rings. The van der Waals surface area contributed by atoms with Crippen LogP contribution in [0.15, 0.2) is 34.0 Å². The first-order chi connectivity index (χ1) is 7.99. The first kappa shape index (κ1) is 12.2. The Morgan fingerprint density at radius 1 is 1.35 bits per heavy atom. The first-order valence-corrected chi connectivity index (χ1v) is 6.47. The molecule has 90 valence electrons. The van der Waals surface area contributed by atoms with E-state index in [-0.39, 0.29) is 20.9 Å². The number of nitrogens with zero attached hydrogens (tertiary/aromatic N) is 2. The van der Waals surface area contributed by atoms with Crippen LogP contribution in [0.3, 0.4) is 0 Å². The molecule has 0 aliphatic carbocycles. The number of halogens is 2. The fourth-order valence-corrected chi connectivity index (χ4v) is 2.31. The lowest BCUT2D eigenvalue weighted by Gasteiger charge is -2.05. The molecule has 0 fully saturated rings. The van der Waals surface area contributed by atoms with E-state index in [9.17, 15) is 8.42 Å². The minimum absolute atomic E-state index is 0.0343. The van der Waals surface area contributed by atoms with Crippen molar-refractivity contribution in [2.45, 2.75) is 4.90 Å². The van der Waals surface area contributed by atoms with Gasteiger partial charge in [-0.05, 0) is 6.07 Å². The van der Waals surface area contributed by atoms with Crippen LogP contribution in [0.5, 0.6) is 0 Å². The third kappa shape index (κ3) is 2.68. The molecule has 0 aromatic carbocycles. The van der Waals surface area contributed by atoms with Gasteiger partial charge in [0.25, 0.3) is 10.0 Å². The molecule has 0 unspecified atom stereocenters. The van der Waals surface area contributed by atoms with Crippen LogP contribution in [-0.4, -0.2) is 18.6 Å². The number of anilines is 1. The van der Waals surface area contributed by atoms with Crippen LogP contribution >= 0.6 is 23.2 Å². The van der Waals surface area contributed by atoms with Gasteiger partial charge in [-0.15, -0.1) is 0 Å². The molecule has 0 amide bonds. The van der Waals surface area contributed by atoms with E-state index >= 15 is 0 Å². The summed E-state index contributed by atoms with van der Waals surface area (Å²) in [6.07, 6.45) is 2.33. The van der Waals surface area contributed by atoms with Gasteiger partial charge in [-0.25, -0.2) is 13.4 Å². The van der Waals surface area contributed by atoms with Crippen LogP contribution in [0.2, 0.25) is 10.2 Å². The van der Waals surface area contributed by atoms with Crippen molar-refractivity contribution >= 4 is 39.0 Å². The van der Waals surface area contributed by atoms with Crippen molar-refractivity contribution in [2.24, 2.45) is 0 Å². The largest absolute Gasteiger partial charge is 0.363 e. The number of pyridine rings is 1. The van der Waals surface area contributed by atoms with Crippen molar-refractivity contribution in [2.75, 3.05) is 4.72 Å². The normalized spacial score (nSPS) is 11.4. The van der Waals surface area contributed by atoms with E-state index in [1.54, 1.807) is 0 Å². The number of hydrogen-bond donors (Lipinski definition) is 1. The summed E-state index contributed by atoms with van der Waals surface area (Å²) in [6.45, 7) is 0. The Kier molecular flexibility index (Phi) is 3.23. The summed E-state index contributed by atoms with van der Waals surface area (Å²) in [7, 11) is -3.80. The molecule has 6 nitrogen and oxygen atoms in total. The maximum Gasteiger partial charge on any atom is 0.264 e. The van der Waals surface area contributed by atoms with Gasteiger partial charge in [0, 0.05) is 12.3 Å². The molecule has 9 heteroatoms. The standard InChI is InChI=1S/C8H5Cl2N3O3S/c9-6-3-5(4-11-8(6)10)17(14,15)13-7-1-2-16-12-7/h1-4H,(H,12,13). The highest BCUT2D eigenvalue weighted by molar-refractivity contribution is 7.92. The zero-order chi connectivity index (χ0) is 12.5. The van der Waals surface area contributed by atoms with Crippen molar-refractivity contribution < 1.29 is 12.9 Å². The van der Waals surface area contributed by atoms with E-state index in [0.717, 1.165) is 6.20 Å². The maximum absolute atomic E-state index is 11.8. The SMILES string of the molecule is O=S(=O)(Nc1ccon1)c1cnc(Cl)c(Cl)c1. The van der Waals surface area contributed by atoms with Crippen molar-refractivity contribution in [3.05, 3.63) is 34.8 Å². The monoisotopic (exact) mass is 293 g/mol. The molecule has 0 saturated carbocycles. The second kappa shape index (κ2) is 4.52. The average molecular weight is 294 g/mol. The van der Waals surface area contributed by atoms with Crippen LogP contribution in [0.25, 0.3) is 0 Å². The summed E-state index contributed by atoms with van der Waals surface area (Å²) in [5.41, 5.74) is 0.